The van der Waals surface area contributed by atoms with E-state index in [0.717, 1.165) is 18.7 Å². The summed E-state index contributed by atoms with van der Waals surface area (Å²) >= 11 is 6.16. The zero-order valence-corrected chi connectivity index (χ0v) is 10.4. The molecule has 0 saturated heterocycles. The highest BCUT2D eigenvalue weighted by Gasteiger charge is 2.40. The third-order valence-corrected chi connectivity index (χ3v) is 3.97. The molecule has 0 bridgehead atoms. The van der Waals surface area contributed by atoms with Crippen LogP contribution in [0.15, 0.2) is 18.2 Å². The van der Waals surface area contributed by atoms with Crippen molar-refractivity contribution in [1.82, 2.24) is 0 Å². The highest BCUT2D eigenvalue weighted by molar-refractivity contribution is 6.32. The van der Waals surface area contributed by atoms with Gasteiger partial charge in [-0.3, -0.25) is 0 Å². The molecule has 1 saturated carbocycles. The van der Waals surface area contributed by atoms with Gasteiger partial charge in [0.05, 0.1) is 12.1 Å². The number of methoxy groups -OCH3 is 1. The first-order valence-corrected chi connectivity index (χ1v) is 6.14. The van der Waals surface area contributed by atoms with Crippen molar-refractivity contribution < 1.29 is 4.74 Å². The van der Waals surface area contributed by atoms with Crippen molar-refractivity contribution in [3.8, 4) is 5.75 Å². The van der Waals surface area contributed by atoms with E-state index < -0.39 is 0 Å². The smallest absolute Gasteiger partial charge is 0.141 e. The van der Waals surface area contributed by atoms with E-state index >= 15 is 0 Å². The van der Waals surface area contributed by atoms with E-state index in [-0.39, 0.29) is 5.41 Å². The van der Waals surface area contributed by atoms with Crippen LogP contribution in [0.25, 0.3) is 0 Å². The number of rotatable bonds is 4. The van der Waals surface area contributed by atoms with Gasteiger partial charge in [-0.25, -0.2) is 0 Å². The minimum Gasteiger partial charge on any atom is -0.495 e. The van der Waals surface area contributed by atoms with Gasteiger partial charge >= 0.3 is 0 Å². The second kappa shape index (κ2) is 4.64. The average molecular weight is 240 g/mol. The van der Waals surface area contributed by atoms with Gasteiger partial charge in [0.25, 0.3) is 0 Å². The Hall–Kier alpha value is -0.730. The Morgan fingerprint density at radius 3 is 2.69 bits per heavy atom. The average Bonchev–Trinajstić information content (AvgIpc) is 2.23. The normalized spacial score (nSPS) is 17.9. The number of hydrogen-bond acceptors (Lipinski definition) is 2. The first kappa shape index (κ1) is 11.7. The molecule has 1 aromatic rings. The minimum absolute atomic E-state index is 0.213. The molecule has 16 heavy (non-hydrogen) atoms. The van der Waals surface area contributed by atoms with E-state index in [0.29, 0.717) is 5.02 Å². The summed E-state index contributed by atoms with van der Waals surface area (Å²) in [5.41, 5.74) is 7.17. The molecule has 0 amide bonds. The maximum Gasteiger partial charge on any atom is 0.141 e. The van der Waals surface area contributed by atoms with Gasteiger partial charge in [-0.05, 0) is 31.9 Å². The van der Waals surface area contributed by atoms with E-state index in [1.807, 2.05) is 12.1 Å². The van der Waals surface area contributed by atoms with Crippen LogP contribution in [0, 0.1) is 0 Å². The van der Waals surface area contributed by atoms with Gasteiger partial charge in [0.1, 0.15) is 5.75 Å². The fourth-order valence-electron chi connectivity index (χ4n) is 2.67. The second-order valence-corrected chi connectivity index (χ2v) is 4.90. The van der Waals surface area contributed by atoms with Gasteiger partial charge in [0.15, 0.2) is 0 Å². The number of halogens is 1. The van der Waals surface area contributed by atoms with Crippen LogP contribution in [0.3, 0.4) is 0 Å². The predicted octanol–water partition coefficient (Wildman–Crippen LogP) is 3.12. The highest BCUT2D eigenvalue weighted by atomic mass is 35.5. The number of ether oxygens (including phenoxy) is 1. The molecule has 0 radical (unpaired) electrons. The summed E-state index contributed by atoms with van der Waals surface area (Å²) in [5.74, 6) is 0.831. The van der Waals surface area contributed by atoms with Crippen molar-refractivity contribution >= 4 is 11.6 Å². The number of para-hydroxylation sites is 1. The Morgan fingerprint density at radius 2 is 2.19 bits per heavy atom. The summed E-state index contributed by atoms with van der Waals surface area (Å²) in [5, 5.41) is 0.697. The van der Waals surface area contributed by atoms with Gasteiger partial charge in [-0.1, -0.05) is 30.2 Å². The lowest BCUT2D eigenvalue weighted by Gasteiger charge is -2.43. The lowest BCUT2D eigenvalue weighted by Crippen LogP contribution is -2.36. The van der Waals surface area contributed by atoms with Gasteiger partial charge in [-0.15, -0.1) is 0 Å². The van der Waals surface area contributed by atoms with E-state index in [1.165, 1.54) is 24.8 Å². The van der Waals surface area contributed by atoms with Crippen molar-refractivity contribution in [2.24, 2.45) is 5.73 Å². The van der Waals surface area contributed by atoms with Gasteiger partial charge in [-0.2, -0.15) is 0 Å². The van der Waals surface area contributed by atoms with Gasteiger partial charge < -0.3 is 10.5 Å². The molecule has 2 rings (SSSR count). The van der Waals surface area contributed by atoms with Crippen molar-refractivity contribution in [3.63, 3.8) is 0 Å². The van der Waals surface area contributed by atoms with Crippen molar-refractivity contribution in [3.05, 3.63) is 28.8 Å². The SMILES string of the molecule is COc1c(Cl)cccc1C1(CCN)CCC1. The molecule has 1 fully saturated rings. The van der Waals surface area contributed by atoms with Gasteiger partial charge in [0.2, 0.25) is 0 Å². The third kappa shape index (κ3) is 1.80. The van der Waals surface area contributed by atoms with Crippen LogP contribution in [0.5, 0.6) is 5.75 Å². The summed E-state index contributed by atoms with van der Waals surface area (Å²) < 4.78 is 5.43. The Kier molecular flexibility index (Phi) is 3.41. The van der Waals surface area contributed by atoms with Crippen molar-refractivity contribution in [2.45, 2.75) is 31.1 Å². The van der Waals surface area contributed by atoms with Crippen LogP contribution >= 0.6 is 11.6 Å². The van der Waals surface area contributed by atoms with E-state index in [2.05, 4.69) is 6.07 Å². The van der Waals surface area contributed by atoms with E-state index in [9.17, 15) is 0 Å². The molecule has 0 unspecified atom stereocenters. The molecule has 1 aliphatic rings. The van der Waals surface area contributed by atoms with Crippen molar-refractivity contribution in [2.75, 3.05) is 13.7 Å². The molecule has 88 valence electrons. The predicted molar refractivity (Wildman–Crippen MR) is 67.2 cm³/mol. The minimum atomic E-state index is 0.213. The Bertz CT molecular complexity index is 374. The van der Waals surface area contributed by atoms with Crippen LogP contribution in [-0.4, -0.2) is 13.7 Å². The summed E-state index contributed by atoms with van der Waals surface area (Å²) in [6, 6.07) is 6.00. The van der Waals surface area contributed by atoms with Crippen LogP contribution in [0.2, 0.25) is 5.02 Å². The number of benzene rings is 1. The van der Waals surface area contributed by atoms with Crippen LogP contribution in [-0.2, 0) is 5.41 Å². The summed E-state index contributed by atoms with van der Waals surface area (Å²) in [4.78, 5) is 0. The Morgan fingerprint density at radius 1 is 1.44 bits per heavy atom. The molecule has 0 atom stereocenters. The third-order valence-electron chi connectivity index (χ3n) is 3.68. The quantitative estimate of drug-likeness (QED) is 0.876. The maximum absolute atomic E-state index is 6.16. The molecule has 0 heterocycles. The summed E-state index contributed by atoms with van der Waals surface area (Å²) in [6.45, 7) is 0.718. The Balaban J connectivity index is 2.41. The summed E-state index contributed by atoms with van der Waals surface area (Å²) in [6.07, 6.45) is 4.68. The summed E-state index contributed by atoms with van der Waals surface area (Å²) in [7, 11) is 1.68. The molecule has 1 aromatic carbocycles. The fraction of sp³-hybridized carbons (Fsp3) is 0.538. The largest absolute Gasteiger partial charge is 0.495 e. The van der Waals surface area contributed by atoms with Crippen LogP contribution in [0.4, 0.5) is 0 Å². The van der Waals surface area contributed by atoms with E-state index in [4.69, 9.17) is 22.1 Å². The molecule has 1 aliphatic carbocycles. The van der Waals surface area contributed by atoms with Crippen LogP contribution < -0.4 is 10.5 Å². The zero-order valence-electron chi connectivity index (χ0n) is 9.63. The monoisotopic (exact) mass is 239 g/mol. The molecular weight excluding hydrogens is 222 g/mol. The Labute approximate surface area is 102 Å². The molecule has 2 nitrogen and oxygen atoms in total. The molecule has 0 spiro atoms. The molecule has 3 heteroatoms. The van der Waals surface area contributed by atoms with Crippen molar-refractivity contribution in [1.29, 1.82) is 0 Å². The lowest BCUT2D eigenvalue weighted by atomic mass is 9.62. The maximum atomic E-state index is 6.16. The topological polar surface area (TPSA) is 35.2 Å². The zero-order chi connectivity index (χ0) is 11.6. The second-order valence-electron chi connectivity index (χ2n) is 4.49. The fourth-order valence-corrected chi connectivity index (χ4v) is 2.92. The molecule has 0 aromatic heterocycles. The molecular formula is C13H18ClNO. The standard InChI is InChI=1S/C13H18ClNO/c1-16-12-10(4-2-5-11(12)14)13(8-9-15)6-3-7-13/h2,4-5H,3,6-9,15H2,1H3. The van der Waals surface area contributed by atoms with Crippen LogP contribution in [0.1, 0.15) is 31.2 Å². The first-order valence-electron chi connectivity index (χ1n) is 5.76. The molecule has 0 aliphatic heterocycles. The highest BCUT2D eigenvalue weighted by Crippen LogP contribution is 2.50. The van der Waals surface area contributed by atoms with E-state index in [1.54, 1.807) is 7.11 Å². The lowest BCUT2D eigenvalue weighted by molar-refractivity contribution is 0.221. The number of nitrogens with two attached hydrogens (primary N) is 1. The van der Waals surface area contributed by atoms with Gasteiger partial charge in [0, 0.05) is 11.0 Å². The number of hydrogen-bond donors (Lipinski definition) is 1. The molecule has 2 N–H and O–H groups in total. The first-order chi connectivity index (χ1) is 7.73.